The lowest BCUT2D eigenvalue weighted by molar-refractivity contribution is 0.303. The Hall–Kier alpha value is -2.37. The lowest BCUT2D eigenvalue weighted by Gasteiger charge is -2.07. The Morgan fingerprint density at radius 3 is 1.43 bits per heavy atom. The predicted octanol–water partition coefficient (Wildman–Crippen LogP) is 9.36. The molecule has 3 aromatic rings. The van der Waals surface area contributed by atoms with E-state index in [1.807, 2.05) is 30.3 Å². The van der Waals surface area contributed by atoms with Gasteiger partial charge < -0.3 is 9.47 Å². The zero-order valence-corrected chi connectivity index (χ0v) is 29.2. The van der Waals surface area contributed by atoms with E-state index >= 15 is 0 Å². The molecule has 0 radical (unpaired) electrons. The Kier molecular flexibility index (Phi) is 16.7. The van der Waals surface area contributed by atoms with Gasteiger partial charge in [0, 0.05) is 47.8 Å². The highest BCUT2D eigenvalue weighted by Gasteiger charge is 2.03. The summed E-state index contributed by atoms with van der Waals surface area (Å²) in [5.74, 6) is 14.3. The summed E-state index contributed by atoms with van der Waals surface area (Å²) in [7, 11) is 0. The largest absolute Gasteiger partial charge is 0.493 e. The Bertz CT molecular complexity index is 1270. The highest BCUT2D eigenvalue weighted by molar-refractivity contribution is 14.1. The van der Waals surface area contributed by atoms with Crippen molar-refractivity contribution >= 4 is 45.2 Å². The maximum absolute atomic E-state index is 5.98. The normalized spacial score (nSPS) is 10.4. The van der Waals surface area contributed by atoms with Gasteiger partial charge in [-0.25, -0.2) is 9.97 Å². The molecule has 0 saturated heterocycles. The topological polar surface area (TPSA) is 57.1 Å². The van der Waals surface area contributed by atoms with E-state index in [-0.39, 0.29) is 0 Å². The second-order valence-corrected chi connectivity index (χ2v) is 12.4. The number of aromatic nitrogens is 3. The minimum atomic E-state index is 0.674. The van der Waals surface area contributed by atoms with Crippen LogP contribution in [0, 0.1) is 31.1 Å². The quantitative estimate of drug-likeness (QED) is 0.0627. The summed E-state index contributed by atoms with van der Waals surface area (Å²) in [6.45, 7) is 5.91. The highest BCUT2D eigenvalue weighted by atomic mass is 127. The second-order valence-electron chi connectivity index (χ2n) is 10.2. The van der Waals surface area contributed by atoms with Crippen molar-refractivity contribution in [1.82, 2.24) is 15.0 Å². The van der Waals surface area contributed by atoms with E-state index in [4.69, 9.17) is 9.47 Å². The van der Waals surface area contributed by atoms with Crippen LogP contribution in [0.2, 0.25) is 0 Å². The fourth-order valence-electron chi connectivity index (χ4n) is 4.24. The fraction of sp³-hybridized carbons (Fsp3) is 0.457. The van der Waals surface area contributed by atoms with E-state index in [0.29, 0.717) is 24.6 Å². The van der Waals surface area contributed by atoms with E-state index in [0.717, 1.165) is 42.9 Å². The number of ether oxygens (including phenoxy) is 2. The van der Waals surface area contributed by atoms with Gasteiger partial charge in [-0.05, 0) is 75.9 Å². The fourth-order valence-corrected chi connectivity index (χ4v) is 5.37. The maximum Gasteiger partial charge on any atom is 0.124 e. The standard InChI is InChI=1S/C35H41I2N3O2/c1-3-5-7-9-11-13-19-41-32-22-30(39-34(36)24-32)17-15-28-21-29(27-38-26-28)16-18-31-23-33(25-35(37)40-31)42-20-14-12-10-8-6-4-2/h21-27H,3-14,19-20H2,1-2H3. The first-order valence-electron chi connectivity index (χ1n) is 15.2. The van der Waals surface area contributed by atoms with Crippen molar-refractivity contribution in [3.8, 4) is 35.2 Å². The van der Waals surface area contributed by atoms with Crippen molar-refractivity contribution in [3.05, 3.63) is 72.6 Å². The molecule has 3 aromatic heterocycles. The van der Waals surface area contributed by atoms with Crippen molar-refractivity contribution in [2.24, 2.45) is 0 Å². The Balaban J connectivity index is 1.57. The van der Waals surface area contributed by atoms with Gasteiger partial charge in [-0.1, -0.05) is 89.9 Å². The van der Waals surface area contributed by atoms with Crippen LogP contribution in [0.15, 0.2) is 42.7 Å². The zero-order valence-electron chi connectivity index (χ0n) is 24.9. The molecule has 0 spiro atoms. The maximum atomic E-state index is 5.98. The third-order valence-electron chi connectivity index (χ3n) is 6.48. The first kappa shape index (κ1) is 34.1. The average Bonchev–Trinajstić information content (AvgIpc) is 2.98. The summed E-state index contributed by atoms with van der Waals surface area (Å²) < 4.78 is 13.7. The van der Waals surface area contributed by atoms with Gasteiger partial charge >= 0.3 is 0 Å². The SMILES string of the molecule is CCCCCCCCOc1cc(I)nc(C#Cc2cncc(C#Cc3cc(OCCCCCCCC)cc(I)n3)c2)c1. The lowest BCUT2D eigenvalue weighted by atomic mass is 10.1. The number of unbranched alkanes of at least 4 members (excludes halogenated alkanes) is 10. The van der Waals surface area contributed by atoms with Crippen molar-refractivity contribution in [2.45, 2.75) is 90.9 Å². The summed E-state index contributed by atoms with van der Waals surface area (Å²) in [5.41, 5.74) is 2.90. The molecule has 0 aliphatic carbocycles. The van der Waals surface area contributed by atoms with Crippen LogP contribution in [0.1, 0.15) is 113 Å². The minimum absolute atomic E-state index is 0.674. The van der Waals surface area contributed by atoms with E-state index in [1.165, 1.54) is 64.2 Å². The molecule has 0 unspecified atom stereocenters. The van der Waals surface area contributed by atoms with Crippen LogP contribution in [0.4, 0.5) is 0 Å². The van der Waals surface area contributed by atoms with Gasteiger partial charge in [-0.15, -0.1) is 0 Å². The van der Waals surface area contributed by atoms with Crippen LogP contribution < -0.4 is 9.47 Å². The molecule has 0 aliphatic heterocycles. The number of nitrogens with zero attached hydrogens (tertiary/aromatic N) is 3. The van der Waals surface area contributed by atoms with Gasteiger partial charge in [0.1, 0.15) is 30.3 Å². The molecule has 5 nitrogen and oxygen atoms in total. The molecule has 0 bridgehead atoms. The monoisotopic (exact) mass is 789 g/mol. The summed E-state index contributed by atoms with van der Waals surface area (Å²) in [4.78, 5) is 13.4. The summed E-state index contributed by atoms with van der Waals surface area (Å²) >= 11 is 4.41. The van der Waals surface area contributed by atoms with Crippen LogP contribution in [-0.2, 0) is 0 Å². The molecule has 42 heavy (non-hydrogen) atoms. The van der Waals surface area contributed by atoms with Gasteiger partial charge in [0.2, 0.25) is 0 Å². The third kappa shape index (κ3) is 14.2. The zero-order chi connectivity index (χ0) is 29.8. The van der Waals surface area contributed by atoms with Crippen LogP contribution >= 0.6 is 45.2 Å². The average molecular weight is 790 g/mol. The van der Waals surface area contributed by atoms with Gasteiger partial charge in [0.05, 0.1) is 13.2 Å². The Morgan fingerprint density at radius 2 is 0.976 bits per heavy atom. The summed E-state index contributed by atoms with van der Waals surface area (Å²) in [5, 5.41) is 0. The Morgan fingerprint density at radius 1 is 0.548 bits per heavy atom. The molecule has 0 atom stereocenters. The van der Waals surface area contributed by atoms with E-state index < -0.39 is 0 Å². The molecule has 3 rings (SSSR count). The summed E-state index contributed by atoms with van der Waals surface area (Å²) in [6, 6.07) is 9.63. The first-order valence-corrected chi connectivity index (χ1v) is 17.3. The molecule has 7 heteroatoms. The van der Waals surface area contributed by atoms with Crippen LogP contribution in [0.5, 0.6) is 11.5 Å². The molecule has 0 aromatic carbocycles. The van der Waals surface area contributed by atoms with Crippen LogP contribution in [0.25, 0.3) is 0 Å². The summed E-state index contributed by atoms with van der Waals surface area (Å²) in [6.07, 6.45) is 18.3. The lowest BCUT2D eigenvalue weighted by Crippen LogP contribution is -1.99. The smallest absolute Gasteiger partial charge is 0.124 e. The predicted molar refractivity (Wildman–Crippen MR) is 188 cm³/mol. The van der Waals surface area contributed by atoms with Gasteiger partial charge in [-0.3, -0.25) is 4.98 Å². The molecule has 0 saturated carbocycles. The number of hydrogen-bond acceptors (Lipinski definition) is 5. The highest BCUT2D eigenvalue weighted by Crippen LogP contribution is 2.18. The van der Waals surface area contributed by atoms with Crippen molar-refractivity contribution < 1.29 is 9.47 Å². The molecule has 0 N–H and O–H groups in total. The Labute approximate surface area is 279 Å². The van der Waals surface area contributed by atoms with Gasteiger partial charge in [0.15, 0.2) is 0 Å². The van der Waals surface area contributed by atoms with Crippen molar-refractivity contribution in [1.29, 1.82) is 0 Å². The third-order valence-corrected chi connectivity index (χ3v) is 7.58. The van der Waals surface area contributed by atoms with Crippen molar-refractivity contribution in [2.75, 3.05) is 13.2 Å². The number of pyridine rings is 3. The molecule has 222 valence electrons. The van der Waals surface area contributed by atoms with E-state index in [1.54, 1.807) is 12.4 Å². The first-order chi connectivity index (χ1) is 20.6. The van der Waals surface area contributed by atoms with Crippen LogP contribution in [0.3, 0.4) is 0 Å². The van der Waals surface area contributed by atoms with Crippen molar-refractivity contribution in [3.63, 3.8) is 0 Å². The number of hydrogen-bond donors (Lipinski definition) is 0. The number of halogens is 2. The van der Waals surface area contributed by atoms with Crippen LogP contribution in [-0.4, -0.2) is 28.2 Å². The van der Waals surface area contributed by atoms with E-state index in [9.17, 15) is 0 Å². The molecular weight excluding hydrogens is 748 g/mol. The molecule has 0 fully saturated rings. The number of rotatable bonds is 16. The minimum Gasteiger partial charge on any atom is -0.493 e. The second kappa shape index (κ2) is 20.5. The van der Waals surface area contributed by atoms with Gasteiger partial charge in [-0.2, -0.15) is 0 Å². The molecule has 0 amide bonds. The van der Waals surface area contributed by atoms with E-state index in [2.05, 4.69) is 97.7 Å². The van der Waals surface area contributed by atoms with Gasteiger partial charge in [0.25, 0.3) is 0 Å². The molecule has 0 aliphatic rings. The molecule has 3 heterocycles. The molecular formula is C35H41I2N3O2.